The van der Waals surface area contributed by atoms with Crippen LogP contribution >= 0.6 is 0 Å². The molecular weight excluding hydrogens is 364 g/mol. The van der Waals surface area contributed by atoms with Crippen molar-refractivity contribution in [2.45, 2.75) is 16.2 Å². The van der Waals surface area contributed by atoms with Gasteiger partial charge in [0, 0.05) is 11.1 Å². The molecule has 3 heteroatoms. The van der Waals surface area contributed by atoms with Crippen LogP contribution < -0.4 is 0 Å². The molecule has 0 spiro atoms. The van der Waals surface area contributed by atoms with Gasteiger partial charge in [-0.1, -0.05) is 84.9 Å². The van der Waals surface area contributed by atoms with E-state index in [4.69, 9.17) is 0 Å². The molecule has 0 N–H and O–H groups in total. The van der Waals surface area contributed by atoms with Crippen LogP contribution in [0.15, 0.2) is 107 Å². The predicted molar refractivity (Wildman–Crippen MR) is 112 cm³/mol. The van der Waals surface area contributed by atoms with Gasteiger partial charge in [0.15, 0.2) is 0 Å². The second-order valence-electron chi connectivity index (χ2n) is 6.99. The first kappa shape index (κ1) is 17.0. The molecule has 0 saturated heterocycles. The van der Waals surface area contributed by atoms with Crippen molar-refractivity contribution in [3.8, 4) is 22.3 Å². The lowest BCUT2D eigenvalue weighted by Crippen LogP contribution is -1.95. The van der Waals surface area contributed by atoms with Crippen LogP contribution in [0.2, 0.25) is 0 Å². The molecule has 0 radical (unpaired) electrons. The van der Waals surface area contributed by atoms with Crippen LogP contribution in [0.4, 0.5) is 0 Å². The summed E-state index contributed by atoms with van der Waals surface area (Å²) in [5, 5.41) is 0. The fourth-order valence-corrected chi connectivity index (χ4v) is 5.73. The number of rotatable bonds is 0. The minimum absolute atomic E-state index is 0.422. The highest BCUT2D eigenvalue weighted by molar-refractivity contribution is 7.92. The summed E-state index contributed by atoms with van der Waals surface area (Å²) >= 11 is 0. The number of sulfone groups is 1. The second kappa shape index (κ2) is 6.47. The molecule has 0 fully saturated rings. The number of hydrogen-bond donors (Lipinski definition) is 0. The molecule has 4 aromatic carbocycles. The van der Waals surface area contributed by atoms with Gasteiger partial charge in [0.2, 0.25) is 9.84 Å². The SMILES string of the molecule is O=S1(=O)c2ccccc2-c2ccccc21.c1ccc2c(c1)Cc1ccccc1-2. The van der Waals surface area contributed by atoms with E-state index in [-0.39, 0.29) is 0 Å². The van der Waals surface area contributed by atoms with Crippen LogP contribution in [0.25, 0.3) is 22.3 Å². The van der Waals surface area contributed by atoms with Crippen LogP contribution in [0.5, 0.6) is 0 Å². The molecule has 0 amide bonds. The monoisotopic (exact) mass is 382 g/mol. The van der Waals surface area contributed by atoms with Gasteiger partial charge < -0.3 is 0 Å². The van der Waals surface area contributed by atoms with Crippen molar-refractivity contribution < 1.29 is 8.42 Å². The Balaban J connectivity index is 0.000000123. The smallest absolute Gasteiger partial charge is 0.207 e. The lowest BCUT2D eigenvalue weighted by atomic mass is 10.1. The van der Waals surface area contributed by atoms with Crippen molar-refractivity contribution in [1.29, 1.82) is 0 Å². The van der Waals surface area contributed by atoms with E-state index in [1.165, 1.54) is 22.3 Å². The Kier molecular flexibility index (Phi) is 3.92. The quantitative estimate of drug-likeness (QED) is 0.335. The summed E-state index contributed by atoms with van der Waals surface area (Å²) in [6.07, 6.45) is 1.10. The Hall–Kier alpha value is -3.17. The normalized spacial score (nSPS) is 14.1. The largest absolute Gasteiger partial charge is 0.218 e. The lowest BCUT2D eigenvalue weighted by Gasteiger charge is -1.98. The minimum atomic E-state index is -3.26. The molecule has 0 saturated carbocycles. The number of benzene rings is 4. The Morgan fingerprint density at radius 3 is 1.29 bits per heavy atom. The maximum absolute atomic E-state index is 12.1. The molecule has 1 heterocycles. The third-order valence-corrected chi connectivity index (χ3v) is 7.22. The lowest BCUT2D eigenvalue weighted by molar-refractivity contribution is 0.598. The Morgan fingerprint density at radius 2 is 0.821 bits per heavy atom. The fourth-order valence-electron chi connectivity index (χ4n) is 4.05. The second-order valence-corrected chi connectivity index (χ2v) is 8.87. The molecule has 0 bridgehead atoms. The van der Waals surface area contributed by atoms with Crippen LogP contribution in [0.1, 0.15) is 11.1 Å². The zero-order chi connectivity index (χ0) is 19.1. The molecule has 4 aromatic rings. The van der Waals surface area contributed by atoms with Gasteiger partial charge in [0.1, 0.15) is 0 Å². The van der Waals surface area contributed by atoms with Crippen molar-refractivity contribution in [2.75, 3.05) is 0 Å². The summed E-state index contributed by atoms with van der Waals surface area (Å²) in [5.41, 5.74) is 7.38. The van der Waals surface area contributed by atoms with Gasteiger partial charge in [-0.25, -0.2) is 8.42 Å². The first-order valence-electron chi connectivity index (χ1n) is 9.26. The fraction of sp³-hybridized carbons (Fsp3) is 0.0400. The van der Waals surface area contributed by atoms with Crippen LogP contribution in [0, 0.1) is 0 Å². The maximum atomic E-state index is 12.1. The summed E-state index contributed by atoms with van der Waals surface area (Å²) in [6.45, 7) is 0. The predicted octanol–water partition coefficient (Wildman–Crippen LogP) is 5.76. The topological polar surface area (TPSA) is 34.1 Å². The van der Waals surface area contributed by atoms with E-state index in [1.54, 1.807) is 24.3 Å². The van der Waals surface area contributed by atoms with Gasteiger partial charge in [-0.05, 0) is 40.8 Å². The Labute approximate surface area is 165 Å². The molecule has 1 aliphatic carbocycles. The molecular formula is C25H18O2S. The summed E-state index contributed by atoms with van der Waals surface area (Å²) < 4.78 is 24.2. The molecule has 0 unspecified atom stereocenters. The average molecular weight is 382 g/mol. The maximum Gasteiger partial charge on any atom is 0.207 e. The molecule has 136 valence electrons. The third kappa shape index (κ3) is 2.59. The van der Waals surface area contributed by atoms with Crippen LogP contribution in [-0.4, -0.2) is 8.42 Å². The van der Waals surface area contributed by atoms with Crippen molar-refractivity contribution in [1.82, 2.24) is 0 Å². The van der Waals surface area contributed by atoms with E-state index < -0.39 is 9.84 Å². The number of hydrogen-bond acceptors (Lipinski definition) is 2. The van der Waals surface area contributed by atoms with E-state index in [2.05, 4.69) is 48.5 Å². The zero-order valence-corrected chi connectivity index (χ0v) is 16.0. The molecule has 2 aliphatic rings. The molecule has 2 nitrogen and oxygen atoms in total. The molecule has 0 atom stereocenters. The Morgan fingerprint density at radius 1 is 0.464 bits per heavy atom. The summed E-state index contributed by atoms with van der Waals surface area (Å²) in [6, 6.07) is 31.5. The highest BCUT2D eigenvalue weighted by atomic mass is 32.2. The highest BCUT2D eigenvalue weighted by Crippen LogP contribution is 2.42. The Bertz CT molecular complexity index is 1210. The van der Waals surface area contributed by atoms with Crippen molar-refractivity contribution in [2.24, 2.45) is 0 Å². The highest BCUT2D eigenvalue weighted by Gasteiger charge is 2.31. The molecule has 0 aromatic heterocycles. The molecule has 28 heavy (non-hydrogen) atoms. The van der Waals surface area contributed by atoms with E-state index in [0.717, 1.165) is 17.5 Å². The van der Waals surface area contributed by atoms with Crippen molar-refractivity contribution >= 4 is 9.84 Å². The van der Waals surface area contributed by atoms with Crippen molar-refractivity contribution in [3.63, 3.8) is 0 Å². The van der Waals surface area contributed by atoms with Gasteiger partial charge in [-0.2, -0.15) is 0 Å². The first-order valence-corrected chi connectivity index (χ1v) is 10.7. The van der Waals surface area contributed by atoms with Gasteiger partial charge >= 0.3 is 0 Å². The van der Waals surface area contributed by atoms with Gasteiger partial charge in [-0.3, -0.25) is 0 Å². The van der Waals surface area contributed by atoms with Gasteiger partial charge in [0.05, 0.1) is 9.79 Å². The van der Waals surface area contributed by atoms with Crippen LogP contribution in [-0.2, 0) is 16.3 Å². The molecule has 1 aliphatic heterocycles. The minimum Gasteiger partial charge on any atom is -0.218 e. The van der Waals surface area contributed by atoms with E-state index >= 15 is 0 Å². The summed E-state index contributed by atoms with van der Waals surface area (Å²) in [7, 11) is -3.26. The van der Waals surface area contributed by atoms with E-state index in [1.807, 2.05) is 24.3 Å². The first-order chi connectivity index (χ1) is 13.7. The molecule has 6 rings (SSSR count). The third-order valence-electron chi connectivity index (χ3n) is 5.35. The van der Waals surface area contributed by atoms with Gasteiger partial charge in [0.25, 0.3) is 0 Å². The zero-order valence-electron chi connectivity index (χ0n) is 15.2. The van der Waals surface area contributed by atoms with Gasteiger partial charge in [-0.15, -0.1) is 0 Å². The standard InChI is InChI=1S/C13H10.C12H8O2S/c1-3-7-12-10(5-1)9-11-6-2-4-8-13(11)12;13-15(14)11-7-3-1-5-9(11)10-6-2-4-8-12(10)15/h1-8H,9H2;1-8H. The van der Waals surface area contributed by atoms with E-state index in [0.29, 0.717) is 9.79 Å². The van der Waals surface area contributed by atoms with Crippen molar-refractivity contribution in [3.05, 3.63) is 108 Å². The average Bonchev–Trinajstić information content (AvgIpc) is 3.23. The van der Waals surface area contributed by atoms with E-state index in [9.17, 15) is 8.42 Å². The summed E-state index contributed by atoms with van der Waals surface area (Å²) in [4.78, 5) is 0.845. The van der Waals surface area contributed by atoms with Crippen LogP contribution in [0.3, 0.4) is 0 Å². The summed E-state index contributed by atoms with van der Waals surface area (Å²) in [5.74, 6) is 0. The number of fused-ring (bicyclic) bond motifs is 6.